The zero-order valence-electron chi connectivity index (χ0n) is 13.0. The fraction of sp³-hybridized carbons (Fsp3) is 0.0625. The highest BCUT2D eigenvalue weighted by atomic mass is 35.5. The standard InChI is InChI=1S/C16H9ClN4O5/c17-11-4-2-1-3-10(11)15-18-14(26-19-15)8-20-12-7-9(21(23)24)5-6-13(12)25-16(20)22/h1-7H,8H2. The molecule has 9 nitrogen and oxygen atoms in total. The van der Waals surface area contributed by atoms with E-state index in [1.807, 2.05) is 0 Å². The Morgan fingerprint density at radius 1 is 1.23 bits per heavy atom. The predicted molar refractivity (Wildman–Crippen MR) is 91.0 cm³/mol. The van der Waals surface area contributed by atoms with Crippen LogP contribution in [0.25, 0.3) is 22.5 Å². The van der Waals surface area contributed by atoms with E-state index in [-0.39, 0.29) is 35.0 Å². The van der Waals surface area contributed by atoms with Crippen LogP contribution in [0.1, 0.15) is 5.89 Å². The van der Waals surface area contributed by atoms with Gasteiger partial charge >= 0.3 is 5.76 Å². The van der Waals surface area contributed by atoms with Crippen molar-refractivity contribution in [1.82, 2.24) is 14.7 Å². The number of nitro benzene ring substituents is 1. The average Bonchev–Trinajstić information content (AvgIpc) is 3.20. The van der Waals surface area contributed by atoms with Crippen molar-refractivity contribution in [2.75, 3.05) is 0 Å². The maximum Gasteiger partial charge on any atom is 0.420 e. The number of rotatable bonds is 4. The van der Waals surface area contributed by atoms with E-state index in [1.54, 1.807) is 24.3 Å². The van der Waals surface area contributed by atoms with E-state index in [4.69, 9.17) is 20.5 Å². The lowest BCUT2D eigenvalue weighted by molar-refractivity contribution is -0.384. The molecule has 26 heavy (non-hydrogen) atoms. The van der Waals surface area contributed by atoms with E-state index in [0.29, 0.717) is 10.6 Å². The molecule has 10 heteroatoms. The van der Waals surface area contributed by atoms with Gasteiger partial charge in [-0.15, -0.1) is 0 Å². The van der Waals surface area contributed by atoms with Crippen LogP contribution >= 0.6 is 11.6 Å². The molecular weight excluding hydrogens is 364 g/mol. The molecule has 0 saturated heterocycles. The van der Waals surface area contributed by atoms with Crippen molar-refractivity contribution in [2.45, 2.75) is 6.54 Å². The summed E-state index contributed by atoms with van der Waals surface area (Å²) in [5.41, 5.74) is 0.923. The molecular formula is C16H9ClN4O5. The summed E-state index contributed by atoms with van der Waals surface area (Å²) in [5, 5.41) is 15.3. The predicted octanol–water partition coefficient (Wildman–Crippen LogP) is 3.25. The number of oxazole rings is 1. The lowest BCUT2D eigenvalue weighted by Gasteiger charge is -1.98. The van der Waals surface area contributed by atoms with Crippen molar-refractivity contribution in [3.63, 3.8) is 0 Å². The average molecular weight is 373 g/mol. The third kappa shape index (κ3) is 2.74. The van der Waals surface area contributed by atoms with E-state index in [1.165, 1.54) is 22.8 Å². The van der Waals surface area contributed by atoms with E-state index in [9.17, 15) is 14.9 Å². The van der Waals surface area contributed by atoms with Gasteiger partial charge in [-0.2, -0.15) is 4.98 Å². The Hall–Kier alpha value is -3.46. The van der Waals surface area contributed by atoms with Gasteiger partial charge in [0.2, 0.25) is 11.7 Å². The Balaban J connectivity index is 1.73. The molecule has 130 valence electrons. The maximum absolute atomic E-state index is 12.1. The summed E-state index contributed by atoms with van der Waals surface area (Å²) in [7, 11) is 0. The second kappa shape index (κ2) is 6.12. The molecule has 0 aliphatic heterocycles. The number of non-ortho nitro benzene ring substituents is 1. The van der Waals surface area contributed by atoms with Crippen LogP contribution in [0.5, 0.6) is 0 Å². The Kier molecular flexibility index (Phi) is 3.77. The number of hydrogen-bond donors (Lipinski definition) is 0. The SMILES string of the molecule is O=c1oc2ccc([N+](=O)[O-])cc2n1Cc1nc(-c2ccccc2Cl)no1. The molecule has 4 rings (SSSR count). The molecule has 0 aliphatic carbocycles. The normalized spacial score (nSPS) is 11.1. The fourth-order valence-corrected chi connectivity index (χ4v) is 2.74. The second-order valence-corrected chi connectivity index (χ2v) is 5.76. The summed E-state index contributed by atoms with van der Waals surface area (Å²) < 4.78 is 11.5. The molecule has 2 heterocycles. The molecule has 2 aromatic heterocycles. The molecule has 0 unspecified atom stereocenters. The summed E-state index contributed by atoms with van der Waals surface area (Å²) in [4.78, 5) is 26.7. The molecule has 0 bridgehead atoms. The first-order chi connectivity index (χ1) is 12.5. The van der Waals surface area contributed by atoms with Gasteiger partial charge in [-0.25, -0.2) is 4.79 Å². The minimum absolute atomic E-state index is 0.0928. The van der Waals surface area contributed by atoms with Crippen LogP contribution in [0.2, 0.25) is 5.02 Å². The summed E-state index contributed by atoms with van der Waals surface area (Å²) in [6, 6.07) is 10.9. The monoisotopic (exact) mass is 372 g/mol. The number of halogens is 1. The van der Waals surface area contributed by atoms with E-state index < -0.39 is 10.7 Å². The van der Waals surface area contributed by atoms with Gasteiger partial charge in [-0.05, 0) is 18.2 Å². The molecule has 0 amide bonds. The number of nitro groups is 1. The zero-order valence-corrected chi connectivity index (χ0v) is 13.7. The molecule has 0 saturated carbocycles. The second-order valence-electron chi connectivity index (χ2n) is 5.35. The summed E-state index contributed by atoms with van der Waals surface area (Å²) in [6.45, 7) is -0.0928. The quantitative estimate of drug-likeness (QED) is 0.398. The highest BCUT2D eigenvalue weighted by Crippen LogP contribution is 2.25. The van der Waals surface area contributed by atoms with Gasteiger partial charge in [-0.3, -0.25) is 14.7 Å². The van der Waals surface area contributed by atoms with Crippen molar-refractivity contribution in [1.29, 1.82) is 0 Å². The van der Waals surface area contributed by atoms with Crippen molar-refractivity contribution in [3.8, 4) is 11.4 Å². The molecule has 0 radical (unpaired) electrons. The van der Waals surface area contributed by atoms with E-state index in [2.05, 4.69) is 10.1 Å². The molecule has 2 aromatic carbocycles. The van der Waals surface area contributed by atoms with Crippen molar-refractivity contribution < 1.29 is 13.9 Å². The minimum atomic E-state index is -0.682. The zero-order chi connectivity index (χ0) is 18.3. The largest absolute Gasteiger partial charge is 0.420 e. The number of fused-ring (bicyclic) bond motifs is 1. The van der Waals surface area contributed by atoms with Crippen molar-refractivity contribution >= 4 is 28.4 Å². The van der Waals surface area contributed by atoms with Gasteiger partial charge in [-0.1, -0.05) is 28.9 Å². The number of benzene rings is 2. The van der Waals surface area contributed by atoms with Gasteiger partial charge in [0, 0.05) is 17.7 Å². The van der Waals surface area contributed by atoms with Crippen LogP contribution < -0.4 is 5.76 Å². The molecule has 0 fully saturated rings. The number of aromatic nitrogens is 3. The Bertz CT molecular complexity index is 1190. The fourth-order valence-electron chi connectivity index (χ4n) is 2.52. The van der Waals surface area contributed by atoms with Gasteiger partial charge in [0.25, 0.3) is 5.69 Å². The van der Waals surface area contributed by atoms with E-state index in [0.717, 1.165) is 0 Å². The number of hydrogen-bond acceptors (Lipinski definition) is 7. The third-order valence-electron chi connectivity index (χ3n) is 3.74. The van der Waals surface area contributed by atoms with Crippen LogP contribution in [0.3, 0.4) is 0 Å². The maximum atomic E-state index is 12.1. The van der Waals surface area contributed by atoms with Crippen LogP contribution in [0, 0.1) is 10.1 Å². The first-order valence-electron chi connectivity index (χ1n) is 7.38. The van der Waals surface area contributed by atoms with Gasteiger partial charge < -0.3 is 8.94 Å². The van der Waals surface area contributed by atoms with Crippen molar-refractivity contribution in [3.05, 3.63) is 74.0 Å². The summed E-state index contributed by atoms with van der Waals surface area (Å²) in [6.07, 6.45) is 0. The van der Waals surface area contributed by atoms with Crippen LogP contribution in [-0.2, 0) is 6.54 Å². The van der Waals surface area contributed by atoms with Crippen molar-refractivity contribution in [2.24, 2.45) is 0 Å². The molecule has 4 aromatic rings. The van der Waals surface area contributed by atoms with Crippen LogP contribution in [-0.4, -0.2) is 19.6 Å². The molecule has 0 aliphatic rings. The molecule has 0 spiro atoms. The number of nitrogens with zero attached hydrogens (tertiary/aromatic N) is 4. The molecule has 0 N–H and O–H groups in total. The summed E-state index contributed by atoms with van der Waals surface area (Å²) >= 11 is 6.11. The van der Waals surface area contributed by atoms with Gasteiger partial charge in [0.1, 0.15) is 6.54 Å². The summed E-state index contributed by atoms with van der Waals surface area (Å²) in [5.74, 6) is -0.272. The minimum Gasteiger partial charge on any atom is -0.408 e. The van der Waals surface area contributed by atoms with Crippen LogP contribution in [0.4, 0.5) is 5.69 Å². The first kappa shape index (κ1) is 16.0. The molecule has 0 atom stereocenters. The topological polar surface area (TPSA) is 117 Å². The van der Waals surface area contributed by atoms with E-state index >= 15 is 0 Å². The smallest absolute Gasteiger partial charge is 0.408 e. The highest BCUT2D eigenvalue weighted by molar-refractivity contribution is 6.33. The Labute approximate surface area is 149 Å². The first-order valence-corrected chi connectivity index (χ1v) is 7.76. The van der Waals surface area contributed by atoms with Gasteiger partial charge in [0.15, 0.2) is 5.58 Å². The lowest BCUT2D eigenvalue weighted by atomic mass is 10.2. The highest BCUT2D eigenvalue weighted by Gasteiger charge is 2.18. The van der Waals surface area contributed by atoms with Gasteiger partial charge in [0.05, 0.1) is 15.5 Å². The lowest BCUT2D eigenvalue weighted by Crippen LogP contribution is -2.15. The third-order valence-corrected chi connectivity index (χ3v) is 4.07. The van der Waals surface area contributed by atoms with Crippen LogP contribution in [0.15, 0.2) is 56.2 Å². The Morgan fingerprint density at radius 3 is 2.81 bits per heavy atom. The Morgan fingerprint density at radius 2 is 2.04 bits per heavy atom.